The zero-order chi connectivity index (χ0) is 14.4. The number of benzene rings is 2. The second kappa shape index (κ2) is 4.42. The molecule has 0 amide bonds. The largest absolute Gasteiger partial charge is 0.497 e. The minimum atomic E-state index is 0.795. The lowest BCUT2D eigenvalue weighted by Crippen LogP contribution is -1.92. The molecule has 0 radical (unpaired) electrons. The Bertz CT molecular complexity index is 992. The van der Waals surface area contributed by atoms with Crippen LogP contribution in [0.4, 0.5) is 0 Å². The zero-order valence-electron chi connectivity index (χ0n) is 11.9. The maximum absolute atomic E-state index is 5.29. The Morgan fingerprint density at radius 1 is 0.857 bits per heavy atom. The lowest BCUT2D eigenvalue weighted by atomic mass is 10.0. The molecule has 4 rings (SSSR count). The van der Waals surface area contributed by atoms with Gasteiger partial charge in [-0.2, -0.15) is 0 Å². The highest BCUT2D eigenvalue weighted by molar-refractivity contribution is 6.00. The molecule has 3 nitrogen and oxygen atoms in total. The van der Waals surface area contributed by atoms with Crippen LogP contribution >= 0.6 is 0 Å². The van der Waals surface area contributed by atoms with Crippen LogP contribution in [-0.2, 0) is 0 Å². The summed E-state index contributed by atoms with van der Waals surface area (Å²) in [5, 5.41) is 3.34. The maximum Gasteiger partial charge on any atom is 0.160 e. The summed E-state index contributed by atoms with van der Waals surface area (Å²) >= 11 is 0. The molecule has 3 heteroatoms. The molecule has 0 bridgehead atoms. The number of aromatic nitrogens is 2. The van der Waals surface area contributed by atoms with Gasteiger partial charge in [0.15, 0.2) is 5.65 Å². The van der Waals surface area contributed by atoms with E-state index < -0.39 is 0 Å². The second-order valence-corrected chi connectivity index (χ2v) is 5.17. The molecule has 0 aliphatic heterocycles. The molecule has 0 unspecified atom stereocenters. The van der Waals surface area contributed by atoms with Crippen molar-refractivity contribution in [2.24, 2.45) is 0 Å². The lowest BCUT2D eigenvalue weighted by molar-refractivity contribution is 0.415. The summed E-state index contributed by atoms with van der Waals surface area (Å²) in [5.41, 5.74) is 3.94. The standard InChI is InChI=1S/C18H14N2O/c1-11-14-5-3-4-6-17(14)20-18-15(11)10-12-9-13(21-2)7-8-16(12)19-18/h3-10H,1-2H3. The first-order valence-corrected chi connectivity index (χ1v) is 6.90. The van der Waals surface area contributed by atoms with Crippen LogP contribution in [0.15, 0.2) is 48.5 Å². The second-order valence-electron chi connectivity index (χ2n) is 5.17. The highest BCUT2D eigenvalue weighted by Crippen LogP contribution is 2.28. The minimum Gasteiger partial charge on any atom is -0.497 e. The fourth-order valence-corrected chi connectivity index (χ4v) is 2.78. The highest BCUT2D eigenvalue weighted by Gasteiger charge is 2.08. The van der Waals surface area contributed by atoms with E-state index in [1.807, 2.05) is 36.4 Å². The maximum atomic E-state index is 5.29. The number of pyridine rings is 2. The first-order valence-electron chi connectivity index (χ1n) is 6.90. The van der Waals surface area contributed by atoms with Crippen molar-refractivity contribution in [1.29, 1.82) is 0 Å². The van der Waals surface area contributed by atoms with Crippen LogP contribution in [0.2, 0.25) is 0 Å². The zero-order valence-corrected chi connectivity index (χ0v) is 11.9. The van der Waals surface area contributed by atoms with Gasteiger partial charge in [-0.3, -0.25) is 0 Å². The molecule has 0 spiro atoms. The van der Waals surface area contributed by atoms with E-state index in [1.54, 1.807) is 7.11 Å². The van der Waals surface area contributed by atoms with Crippen LogP contribution in [0.1, 0.15) is 5.56 Å². The Morgan fingerprint density at radius 2 is 1.67 bits per heavy atom. The average molecular weight is 274 g/mol. The Morgan fingerprint density at radius 3 is 2.52 bits per heavy atom. The van der Waals surface area contributed by atoms with Gasteiger partial charge in [-0.1, -0.05) is 18.2 Å². The number of rotatable bonds is 1. The smallest absolute Gasteiger partial charge is 0.160 e. The van der Waals surface area contributed by atoms with Gasteiger partial charge in [0.2, 0.25) is 0 Å². The summed E-state index contributed by atoms with van der Waals surface area (Å²) < 4.78 is 5.29. The molecule has 0 aliphatic rings. The van der Waals surface area contributed by atoms with Gasteiger partial charge in [-0.15, -0.1) is 0 Å². The summed E-state index contributed by atoms with van der Waals surface area (Å²) in [6.45, 7) is 2.13. The molecule has 0 atom stereocenters. The van der Waals surface area contributed by atoms with Crippen molar-refractivity contribution in [3.05, 3.63) is 54.1 Å². The van der Waals surface area contributed by atoms with Gasteiger partial charge < -0.3 is 4.74 Å². The SMILES string of the molecule is COc1ccc2nc3nc4ccccc4c(C)c3cc2c1. The minimum absolute atomic E-state index is 0.795. The third-order valence-corrected chi connectivity index (χ3v) is 3.94. The summed E-state index contributed by atoms with van der Waals surface area (Å²) in [5.74, 6) is 0.843. The van der Waals surface area contributed by atoms with Crippen LogP contribution in [0.25, 0.3) is 32.8 Å². The van der Waals surface area contributed by atoms with Gasteiger partial charge in [-0.25, -0.2) is 9.97 Å². The number of para-hydroxylation sites is 1. The molecular formula is C18H14N2O. The number of nitrogens with zero attached hydrogens (tertiary/aromatic N) is 2. The van der Waals surface area contributed by atoms with Crippen molar-refractivity contribution in [3.8, 4) is 5.75 Å². The molecule has 2 heterocycles. The van der Waals surface area contributed by atoms with Crippen LogP contribution in [0, 0.1) is 6.92 Å². The van der Waals surface area contributed by atoms with E-state index in [-0.39, 0.29) is 0 Å². The number of ether oxygens (including phenoxy) is 1. The van der Waals surface area contributed by atoms with Crippen molar-refractivity contribution in [2.75, 3.05) is 7.11 Å². The van der Waals surface area contributed by atoms with E-state index in [9.17, 15) is 0 Å². The molecule has 0 aliphatic carbocycles. The van der Waals surface area contributed by atoms with Crippen molar-refractivity contribution in [3.63, 3.8) is 0 Å². The molecule has 0 fully saturated rings. The summed E-state index contributed by atoms with van der Waals surface area (Å²) in [6, 6.07) is 16.2. The normalized spacial score (nSPS) is 11.3. The monoisotopic (exact) mass is 274 g/mol. The van der Waals surface area contributed by atoms with E-state index in [2.05, 4.69) is 24.0 Å². The van der Waals surface area contributed by atoms with E-state index in [0.717, 1.165) is 33.2 Å². The third kappa shape index (κ3) is 1.82. The van der Waals surface area contributed by atoms with Crippen molar-refractivity contribution in [1.82, 2.24) is 9.97 Å². The predicted octanol–water partition coefficient (Wildman–Crippen LogP) is 4.25. The summed E-state index contributed by atoms with van der Waals surface area (Å²) in [6.07, 6.45) is 0. The highest BCUT2D eigenvalue weighted by atomic mass is 16.5. The Labute approximate surface area is 122 Å². The molecule has 2 aromatic heterocycles. The number of hydrogen-bond donors (Lipinski definition) is 0. The van der Waals surface area contributed by atoms with Crippen molar-refractivity contribution >= 4 is 32.8 Å². The number of fused-ring (bicyclic) bond motifs is 3. The number of methoxy groups -OCH3 is 1. The summed E-state index contributed by atoms with van der Waals surface area (Å²) in [7, 11) is 1.68. The van der Waals surface area contributed by atoms with E-state index >= 15 is 0 Å². The fourth-order valence-electron chi connectivity index (χ4n) is 2.78. The van der Waals surface area contributed by atoms with Crippen LogP contribution in [0.3, 0.4) is 0 Å². The number of hydrogen-bond acceptors (Lipinski definition) is 3. The topological polar surface area (TPSA) is 35.0 Å². The Balaban J connectivity index is 2.15. The quantitative estimate of drug-likeness (QED) is 0.487. The molecular weight excluding hydrogens is 260 g/mol. The van der Waals surface area contributed by atoms with Gasteiger partial charge in [0.1, 0.15) is 5.75 Å². The number of aryl methyl sites for hydroxylation is 1. The predicted molar refractivity (Wildman–Crippen MR) is 85.8 cm³/mol. The van der Waals surface area contributed by atoms with E-state index in [0.29, 0.717) is 0 Å². The molecule has 2 aromatic carbocycles. The summed E-state index contributed by atoms with van der Waals surface area (Å²) in [4.78, 5) is 9.39. The molecule has 0 saturated heterocycles. The fraction of sp³-hybridized carbons (Fsp3) is 0.111. The van der Waals surface area contributed by atoms with Gasteiger partial charge in [0.25, 0.3) is 0 Å². The molecule has 102 valence electrons. The van der Waals surface area contributed by atoms with Gasteiger partial charge in [-0.05, 0) is 42.8 Å². The Kier molecular flexibility index (Phi) is 2.54. The molecule has 0 N–H and O–H groups in total. The van der Waals surface area contributed by atoms with E-state index in [1.165, 1.54) is 10.9 Å². The third-order valence-electron chi connectivity index (χ3n) is 3.94. The van der Waals surface area contributed by atoms with Gasteiger partial charge in [0.05, 0.1) is 18.1 Å². The molecule has 0 saturated carbocycles. The molecule has 21 heavy (non-hydrogen) atoms. The van der Waals surface area contributed by atoms with Gasteiger partial charge >= 0.3 is 0 Å². The van der Waals surface area contributed by atoms with Crippen molar-refractivity contribution in [2.45, 2.75) is 6.92 Å². The van der Waals surface area contributed by atoms with Gasteiger partial charge in [0, 0.05) is 16.2 Å². The van der Waals surface area contributed by atoms with Crippen molar-refractivity contribution < 1.29 is 4.74 Å². The average Bonchev–Trinajstić information content (AvgIpc) is 2.53. The first-order chi connectivity index (χ1) is 10.3. The van der Waals surface area contributed by atoms with Crippen LogP contribution in [0.5, 0.6) is 5.75 Å². The molecule has 4 aromatic rings. The first kappa shape index (κ1) is 12.1. The van der Waals surface area contributed by atoms with E-state index in [4.69, 9.17) is 9.72 Å². The lowest BCUT2D eigenvalue weighted by Gasteiger charge is -2.08. The Hall–Kier alpha value is -2.68. The van der Waals surface area contributed by atoms with Crippen LogP contribution in [-0.4, -0.2) is 17.1 Å². The van der Waals surface area contributed by atoms with Crippen LogP contribution < -0.4 is 4.74 Å².